The van der Waals surface area contributed by atoms with E-state index in [1.807, 2.05) is 6.92 Å². The molecule has 0 saturated carbocycles. The molecule has 1 aromatic rings. The average molecular weight is 253 g/mol. The highest BCUT2D eigenvalue weighted by atomic mass is 16.6. The zero-order chi connectivity index (χ0) is 13.7. The Balaban J connectivity index is 3.07. The number of carboxylic acid groups (broad SMARTS) is 1. The maximum atomic E-state index is 11.0. The monoisotopic (exact) mass is 253 g/mol. The van der Waals surface area contributed by atoms with E-state index in [0.717, 1.165) is 25.6 Å². The van der Waals surface area contributed by atoms with Crippen LogP contribution in [0, 0.1) is 10.1 Å². The lowest BCUT2D eigenvalue weighted by Crippen LogP contribution is -2.20. The molecule has 1 aromatic heterocycles. The van der Waals surface area contributed by atoms with E-state index in [1.54, 1.807) is 11.9 Å². The van der Waals surface area contributed by atoms with Crippen molar-refractivity contribution in [2.45, 2.75) is 19.8 Å². The van der Waals surface area contributed by atoms with E-state index in [9.17, 15) is 14.9 Å². The van der Waals surface area contributed by atoms with Gasteiger partial charge in [-0.3, -0.25) is 10.1 Å². The normalized spacial score (nSPS) is 10.1. The van der Waals surface area contributed by atoms with Crippen molar-refractivity contribution in [3.05, 3.63) is 27.9 Å². The molecule has 18 heavy (non-hydrogen) atoms. The third kappa shape index (κ3) is 3.16. The minimum atomic E-state index is -1.32. The number of aromatic carboxylic acids is 1. The molecule has 1 N–H and O–H groups in total. The smallest absolute Gasteiger partial charge is 0.342 e. The molecule has 0 unspecified atom stereocenters. The van der Waals surface area contributed by atoms with Crippen molar-refractivity contribution < 1.29 is 14.8 Å². The fourth-order valence-electron chi connectivity index (χ4n) is 1.47. The molecule has 0 fully saturated rings. The molecule has 0 aliphatic heterocycles. The molecule has 0 atom stereocenters. The molecule has 1 rings (SSSR count). The predicted molar refractivity (Wildman–Crippen MR) is 66.0 cm³/mol. The van der Waals surface area contributed by atoms with Gasteiger partial charge in [0.1, 0.15) is 17.6 Å². The topological polar surface area (TPSA) is 96.6 Å². The van der Waals surface area contributed by atoms with Crippen LogP contribution in [0.3, 0.4) is 0 Å². The maximum Gasteiger partial charge on any atom is 0.342 e. The second-order valence-corrected chi connectivity index (χ2v) is 3.90. The Hall–Kier alpha value is -2.18. The lowest BCUT2D eigenvalue weighted by atomic mass is 10.2. The number of anilines is 1. The number of aromatic nitrogens is 1. The molecule has 0 aromatic carbocycles. The summed E-state index contributed by atoms with van der Waals surface area (Å²) in [6.45, 7) is 2.76. The minimum absolute atomic E-state index is 0.339. The van der Waals surface area contributed by atoms with Gasteiger partial charge in [0.15, 0.2) is 0 Å². The van der Waals surface area contributed by atoms with E-state index in [4.69, 9.17) is 5.11 Å². The van der Waals surface area contributed by atoms with Gasteiger partial charge in [0, 0.05) is 19.7 Å². The van der Waals surface area contributed by atoms with Crippen LogP contribution >= 0.6 is 0 Å². The van der Waals surface area contributed by atoms with E-state index in [2.05, 4.69) is 4.98 Å². The summed E-state index contributed by atoms with van der Waals surface area (Å²) in [5.41, 5.74) is -0.830. The molecule has 0 spiro atoms. The number of carbonyl (C=O) groups is 1. The summed E-state index contributed by atoms with van der Waals surface area (Å²) in [5, 5.41) is 19.6. The SMILES string of the molecule is CCCCN(C)c1cc(C(=O)O)c([N+](=O)[O-])cn1. The second kappa shape index (κ2) is 5.95. The van der Waals surface area contributed by atoms with Gasteiger partial charge in [-0.2, -0.15) is 0 Å². The van der Waals surface area contributed by atoms with Crippen molar-refractivity contribution in [1.29, 1.82) is 0 Å². The van der Waals surface area contributed by atoms with Crippen molar-refractivity contribution in [3.8, 4) is 0 Å². The molecule has 0 aliphatic rings. The molecule has 0 aliphatic carbocycles. The lowest BCUT2D eigenvalue weighted by Gasteiger charge is -2.17. The van der Waals surface area contributed by atoms with Gasteiger partial charge in [-0.15, -0.1) is 0 Å². The van der Waals surface area contributed by atoms with E-state index >= 15 is 0 Å². The summed E-state index contributed by atoms with van der Waals surface area (Å²) in [6, 6.07) is 1.23. The number of pyridine rings is 1. The maximum absolute atomic E-state index is 11.0. The minimum Gasteiger partial charge on any atom is -0.477 e. The van der Waals surface area contributed by atoms with Crippen LogP contribution in [0.1, 0.15) is 30.1 Å². The third-order valence-corrected chi connectivity index (χ3v) is 2.53. The van der Waals surface area contributed by atoms with Crippen LogP contribution in [-0.4, -0.2) is 34.6 Å². The van der Waals surface area contributed by atoms with Gasteiger partial charge in [0.05, 0.1) is 4.92 Å². The Morgan fingerprint density at radius 3 is 2.78 bits per heavy atom. The van der Waals surface area contributed by atoms with Crippen LogP contribution in [0.2, 0.25) is 0 Å². The first-order valence-electron chi connectivity index (χ1n) is 5.56. The number of unbranched alkanes of at least 4 members (excludes halogenated alkanes) is 1. The lowest BCUT2D eigenvalue weighted by molar-refractivity contribution is -0.385. The summed E-state index contributed by atoms with van der Waals surface area (Å²) in [6.07, 6.45) is 2.93. The first-order chi connectivity index (χ1) is 8.47. The number of rotatable bonds is 6. The van der Waals surface area contributed by atoms with Crippen LogP contribution < -0.4 is 4.90 Å². The Morgan fingerprint density at radius 1 is 1.61 bits per heavy atom. The molecule has 0 bridgehead atoms. The van der Waals surface area contributed by atoms with Gasteiger partial charge in [-0.25, -0.2) is 9.78 Å². The van der Waals surface area contributed by atoms with E-state index in [0.29, 0.717) is 5.82 Å². The molecule has 0 amide bonds. The average Bonchev–Trinajstić information content (AvgIpc) is 2.34. The van der Waals surface area contributed by atoms with Crippen molar-refractivity contribution in [2.75, 3.05) is 18.5 Å². The quantitative estimate of drug-likeness (QED) is 0.614. The number of nitro groups is 1. The van der Waals surface area contributed by atoms with Gasteiger partial charge in [0.25, 0.3) is 0 Å². The van der Waals surface area contributed by atoms with Crippen molar-refractivity contribution in [2.24, 2.45) is 0 Å². The summed E-state index contributed by atoms with van der Waals surface area (Å²) in [4.78, 5) is 26.6. The summed E-state index contributed by atoms with van der Waals surface area (Å²) >= 11 is 0. The van der Waals surface area contributed by atoms with Crippen molar-refractivity contribution in [3.63, 3.8) is 0 Å². The number of hydrogen-bond donors (Lipinski definition) is 1. The first-order valence-corrected chi connectivity index (χ1v) is 5.56. The van der Waals surface area contributed by atoms with Crippen LogP contribution in [-0.2, 0) is 0 Å². The van der Waals surface area contributed by atoms with E-state index < -0.39 is 16.6 Å². The predicted octanol–water partition coefficient (Wildman–Crippen LogP) is 1.92. The number of hydrogen-bond acceptors (Lipinski definition) is 5. The van der Waals surface area contributed by atoms with Crippen molar-refractivity contribution >= 4 is 17.5 Å². The fraction of sp³-hybridized carbons (Fsp3) is 0.455. The van der Waals surface area contributed by atoms with Gasteiger partial charge >= 0.3 is 11.7 Å². The zero-order valence-corrected chi connectivity index (χ0v) is 10.3. The molecular formula is C11H15N3O4. The fourth-order valence-corrected chi connectivity index (χ4v) is 1.47. The molecule has 7 nitrogen and oxygen atoms in total. The van der Waals surface area contributed by atoms with Gasteiger partial charge in [-0.1, -0.05) is 13.3 Å². The third-order valence-electron chi connectivity index (χ3n) is 2.53. The highest BCUT2D eigenvalue weighted by molar-refractivity contribution is 5.93. The van der Waals surface area contributed by atoms with Gasteiger partial charge in [-0.05, 0) is 6.42 Å². The van der Waals surface area contributed by atoms with Crippen molar-refractivity contribution in [1.82, 2.24) is 4.98 Å². The second-order valence-electron chi connectivity index (χ2n) is 3.90. The molecule has 98 valence electrons. The zero-order valence-electron chi connectivity index (χ0n) is 10.3. The summed E-state index contributed by atoms with van der Waals surface area (Å²) in [5.74, 6) is -0.902. The van der Waals surface area contributed by atoms with Gasteiger partial charge < -0.3 is 10.0 Å². The largest absolute Gasteiger partial charge is 0.477 e. The van der Waals surface area contributed by atoms with Crippen LogP contribution in [0.4, 0.5) is 11.5 Å². The van der Waals surface area contributed by atoms with Crippen LogP contribution in [0.25, 0.3) is 0 Å². The Kier molecular flexibility index (Phi) is 4.59. The van der Waals surface area contributed by atoms with Gasteiger partial charge in [0.2, 0.25) is 0 Å². The van der Waals surface area contributed by atoms with Crippen LogP contribution in [0.5, 0.6) is 0 Å². The first kappa shape index (κ1) is 13.9. The highest BCUT2D eigenvalue weighted by Crippen LogP contribution is 2.22. The number of nitrogens with zero attached hydrogens (tertiary/aromatic N) is 3. The Labute approximate surface area is 104 Å². The molecule has 0 saturated heterocycles. The summed E-state index contributed by atoms with van der Waals surface area (Å²) < 4.78 is 0. The van der Waals surface area contributed by atoms with Crippen LogP contribution in [0.15, 0.2) is 12.3 Å². The molecule has 7 heteroatoms. The molecule has 1 heterocycles. The number of carboxylic acids is 1. The molecular weight excluding hydrogens is 238 g/mol. The summed E-state index contributed by atoms with van der Waals surface area (Å²) in [7, 11) is 1.77. The standard InChI is InChI=1S/C11H15N3O4/c1-3-4-5-13(2)10-6-8(11(15)16)9(7-12-10)14(17)18/h6-7H,3-5H2,1-2H3,(H,15,16). The van der Waals surface area contributed by atoms with E-state index in [1.165, 1.54) is 6.07 Å². The van der Waals surface area contributed by atoms with E-state index in [-0.39, 0.29) is 5.56 Å². The Bertz CT molecular complexity index is 462. The Morgan fingerprint density at radius 2 is 2.28 bits per heavy atom. The highest BCUT2D eigenvalue weighted by Gasteiger charge is 2.21. The molecule has 0 radical (unpaired) electrons.